The number of carbonyl (C=O) groups is 1. The Balaban J connectivity index is 1.59. The standard InChI is InChI=1S/C24H19F3N4O2/c1-14-5-10-18(33-14)11-20-19(22(28)32)3-2-4-21(20)31-23-29-12-16(13-30-23)15-6-8-17(9-7-15)24(25,26)27/h2-10,12-13H,11H2,1H3,(H2,28,32)(H,29,30,31). The molecule has 0 saturated carbocycles. The van der Waals surface area contributed by atoms with Gasteiger partial charge in [-0.25, -0.2) is 9.97 Å². The first kappa shape index (κ1) is 22.1. The second-order valence-corrected chi connectivity index (χ2v) is 7.38. The van der Waals surface area contributed by atoms with Crippen molar-refractivity contribution in [1.29, 1.82) is 0 Å². The number of nitrogens with one attached hydrogen (secondary N) is 1. The molecular formula is C24H19F3N4O2. The van der Waals surface area contributed by atoms with Crippen molar-refractivity contribution in [3.63, 3.8) is 0 Å². The van der Waals surface area contributed by atoms with Gasteiger partial charge in [0.2, 0.25) is 11.9 Å². The second-order valence-electron chi connectivity index (χ2n) is 7.38. The fourth-order valence-electron chi connectivity index (χ4n) is 3.39. The molecule has 0 bridgehead atoms. The van der Waals surface area contributed by atoms with E-state index in [1.165, 1.54) is 24.5 Å². The van der Waals surface area contributed by atoms with E-state index in [9.17, 15) is 18.0 Å². The third-order valence-corrected chi connectivity index (χ3v) is 5.03. The molecule has 0 aliphatic heterocycles. The van der Waals surface area contributed by atoms with Crippen molar-refractivity contribution in [2.24, 2.45) is 5.73 Å². The van der Waals surface area contributed by atoms with E-state index in [1.807, 2.05) is 19.1 Å². The molecule has 3 N–H and O–H groups in total. The largest absolute Gasteiger partial charge is 0.466 e. The van der Waals surface area contributed by atoms with Crippen LogP contribution in [0.4, 0.5) is 24.8 Å². The molecule has 0 aliphatic rings. The lowest BCUT2D eigenvalue weighted by Crippen LogP contribution is -2.15. The van der Waals surface area contributed by atoms with Gasteiger partial charge in [-0.2, -0.15) is 13.2 Å². The number of carbonyl (C=O) groups excluding carboxylic acids is 1. The molecule has 6 nitrogen and oxygen atoms in total. The number of benzene rings is 2. The molecule has 1 amide bonds. The molecule has 0 unspecified atom stereocenters. The average molecular weight is 452 g/mol. The minimum absolute atomic E-state index is 0.254. The van der Waals surface area contributed by atoms with Crippen LogP contribution in [-0.4, -0.2) is 15.9 Å². The van der Waals surface area contributed by atoms with Gasteiger partial charge < -0.3 is 15.5 Å². The normalized spacial score (nSPS) is 11.4. The van der Waals surface area contributed by atoms with E-state index in [0.29, 0.717) is 40.1 Å². The number of nitrogens with two attached hydrogens (primary N) is 1. The molecule has 33 heavy (non-hydrogen) atoms. The average Bonchev–Trinajstić information content (AvgIpc) is 3.19. The zero-order valence-corrected chi connectivity index (χ0v) is 17.5. The number of alkyl halides is 3. The first-order chi connectivity index (χ1) is 15.7. The second kappa shape index (κ2) is 8.78. The Bertz CT molecular complexity index is 1280. The summed E-state index contributed by atoms with van der Waals surface area (Å²) < 4.78 is 43.9. The Morgan fingerprint density at radius 3 is 2.27 bits per heavy atom. The van der Waals surface area contributed by atoms with Crippen LogP contribution >= 0.6 is 0 Å². The van der Waals surface area contributed by atoms with Crippen LogP contribution in [0.5, 0.6) is 0 Å². The molecule has 4 aromatic rings. The van der Waals surface area contributed by atoms with E-state index in [0.717, 1.165) is 17.9 Å². The molecule has 168 valence electrons. The van der Waals surface area contributed by atoms with Crippen LogP contribution in [0.15, 0.2) is 71.4 Å². The highest BCUT2D eigenvalue weighted by atomic mass is 19.4. The van der Waals surface area contributed by atoms with Crippen LogP contribution in [0, 0.1) is 6.92 Å². The lowest BCUT2D eigenvalue weighted by atomic mass is 10.0. The molecule has 0 atom stereocenters. The predicted molar refractivity (Wildman–Crippen MR) is 117 cm³/mol. The molecule has 0 spiro atoms. The van der Waals surface area contributed by atoms with Gasteiger partial charge >= 0.3 is 6.18 Å². The Morgan fingerprint density at radius 1 is 1.00 bits per heavy atom. The molecule has 2 heterocycles. The molecule has 9 heteroatoms. The Kier molecular flexibility index (Phi) is 5.87. The van der Waals surface area contributed by atoms with Gasteiger partial charge in [-0.3, -0.25) is 4.79 Å². The highest BCUT2D eigenvalue weighted by Crippen LogP contribution is 2.31. The summed E-state index contributed by atoms with van der Waals surface area (Å²) >= 11 is 0. The number of rotatable bonds is 6. The Morgan fingerprint density at radius 2 is 1.70 bits per heavy atom. The SMILES string of the molecule is Cc1ccc(Cc2c(Nc3ncc(-c4ccc(C(F)(F)F)cc4)cn3)cccc2C(N)=O)o1. The quantitative estimate of drug-likeness (QED) is 0.403. The van der Waals surface area contributed by atoms with Crippen LogP contribution in [0.1, 0.15) is 33.0 Å². The maximum Gasteiger partial charge on any atom is 0.416 e. The van der Waals surface area contributed by atoms with Crippen molar-refractivity contribution in [2.75, 3.05) is 5.32 Å². The van der Waals surface area contributed by atoms with Crippen molar-refractivity contribution in [1.82, 2.24) is 9.97 Å². The van der Waals surface area contributed by atoms with Gasteiger partial charge in [0.05, 0.1) is 5.56 Å². The topological polar surface area (TPSA) is 94.0 Å². The van der Waals surface area contributed by atoms with E-state index in [2.05, 4.69) is 15.3 Å². The zero-order valence-electron chi connectivity index (χ0n) is 17.5. The van der Waals surface area contributed by atoms with Gasteiger partial charge in [-0.05, 0) is 54.4 Å². The number of hydrogen-bond acceptors (Lipinski definition) is 5. The van der Waals surface area contributed by atoms with E-state index in [-0.39, 0.29) is 5.95 Å². The van der Waals surface area contributed by atoms with E-state index < -0.39 is 17.6 Å². The first-order valence-electron chi connectivity index (χ1n) is 9.94. The van der Waals surface area contributed by atoms with E-state index >= 15 is 0 Å². The number of halogens is 3. The smallest absolute Gasteiger partial charge is 0.416 e. The Labute approximate surface area is 187 Å². The summed E-state index contributed by atoms with van der Waals surface area (Å²) in [6.45, 7) is 1.83. The van der Waals surface area contributed by atoms with Crippen LogP contribution in [0.2, 0.25) is 0 Å². The summed E-state index contributed by atoms with van der Waals surface area (Å²) in [4.78, 5) is 20.5. The fourth-order valence-corrected chi connectivity index (χ4v) is 3.39. The summed E-state index contributed by atoms with van der Waals surface area (Å²) in [6, 6.07) is 13.5. The molecule has 0 fully saturated rings. The minimum Gasteiger partial charge on any atom is -0.466 e. The third kappa shape index (κ3) is 5.03. The number of anilines is 2. The van der Waals surface area contributed by atoms with Gasteiger partial charge in [-0.1, -0.05) is 18.2 Å². The van der Waals surface area contributed by atoms with Crippen LogP contribution in [0.3, 0.4) is 0 Å². The van der Waals surface area contributed by atoms with Crippen LogP contribution < -0.4 is 11.1 Å². The van der Waals surface area contributed by atoms with Crippen LogP contribution in [0.25, 0.3) is 11.1 Å². The number of nitrogens with zero attached hydrogens (tertiary/aromatic N) is 2. The summed E-state index contributed by atoms with van der Waals surface area (Å²) in [5.41, 5.74) is 7.51. The van der Waals surface area contributed by atoms with Gasteiger partial charge in [0, 0.05) is 35.6 Å². The highest BCUT2D eigenvalue weighted by Gasteiger charge is 2.30. The zero-order chi connectivity index (χ0) is 23.6. The maximum absolute atomic E-state index is 12.8. The summed E-state index contributed by atoms with van der Waals surface area (Å²) in [5, 5.41) is 3.08. The molecule has 2 aromatic heterocycles. The number of amides is 1. The monoisotopic (exact) mass is 452 g/mol. The summed E-state index contributed by atoms with van der Waals surface area (Å²) in [7, 11) is 0. The summed E-state index contributed by atoms with van der Waals surface area (Å²) in [5.74, 6) is 1.10. The van der Waals surface area contributed by atoms with E-state index in [1.54, 1.807) is 18.2 Å². The van der Waals surface area contributed by atoms with Crippen molar-refractivity contribution in [3.05, 3.63) is 95.2 Å². The van der Waals surface area contributed by atoms with Crippen molar-refractivity contribution in [3.8, 4) is 11.1 Å². The number of primary amides is 1. The molecular weight excluding hydrogens is 433 g/mol. The van der Waals surface area contributed by atoms with Gasteiger partial charge in [0.15, 0.2) is 0 Å². The molecule has 0 radical (unpaired) electrons. The maximum atomic E-state index is 12.8. The molecule has 0 aliphatic carbocycles. The van der Waals surface area contributed by atoms with Gasteiger partial charge in [0.1, 0.15) is 11.5 Å². The predicted octanol–water partition coefficient (Wildman–Crippen LogP) is 5.50. The lowest BCUT2D eigenvalue weighted by Gasteiger charge is -2.14. The Hall–Kier alpha value is -4.14. The summed E-state index contributed by atoms with van der Waals surface area (Å²) in [6.07, 6.45) is -1.05. The lowest BCUT2D eigenvalue weighted by molar-refractivity contribution is -0.137. The number of aryl methyl sites for hydroxylation is 1. The number of hydrogen-bond donors (Lipinski definition) is 2. The fraction of sp³-hybridized carbons (Fsp3) is 0.125. The van der Waals surface area contributed by atoms with Gasteiger partial charge in [-0.15, -0.1) is 0 Å². The molecule has 0 saturated heterocycles. The number of furan rings is 1. The number of aromatic nitrogens is 2. The van der Waals surface area contributed by atoms with Crippen LogP contribution in [-0.2, 0) is 12.6 Å². The van der Waals surface area contributed by atoms with Crippen molar-refractivity contribution in [2.45, 2.75) is 19.5 Å². The molecule has 2 aromatic carbocycles. The van der Waals surface area contributed by atoms with Crippen molar-refractivity contribution >= 4 is 17.5 Å². The first-order valence-corrected chi connectivity index (χ1v) is 9.94. The third-order valence-electron chi connectivity index (χ3n) is 5.03. The van der Waals surface area contributed by atoms with Gasteiger partial charge in [0.25, 0.3) is 0 Å². The minimum atomic E-state index is -4.39. The highest BCUT2D eigenvalue weighted by molar-refractivity contribution is 5.96. The van der Waals surface area contributed by atoms with Crippen molar-refractivity contribution < 1.29 is 22.4 Å². The molecule has 4 rings (SSSR count). The van der Waals surface area contributed by atoms with E-state index in [4.69, 9.17) is 10.2 Å².